The van der Waals surface area contributed by atoms with E-state index in [1.807, 2.05) is 35.0 Å². The molecule has 0 N–H and O–H groups in total. The molecule has 0 aliphatic rings. The average Bonchev–Trinajstić information content (AvgIpc) is 3.21. The summed E-state index contributed by atoms with van der Waals surface area (Å²) in [6.07, 6.45) is 9.78. The molecule has 0 saturated carbocycles. The van der Waals surface area contributed by atoms with Gasteiger partial charge in [-0.2, -0.15) is 0 Å². The topological polar surface area (TPSA) is 78.0 Å². The van der Waals surface area contributed by atoms with E-state index in [0.717, 1.165) is 28.9 Å². The lowest BCUT2D eigenvalue weighted by Gasteiger charge is -1.95. The van der Waals surface area contributed by atoms with Gasteiger partial charge >= 0.3 is 0 Å². The summed E-state index contributed by atoms with van der Waals surface area (Å²) in [4.78, 5) is 19.4. The maximum atomic E-state index is 10.8. The summed E-state index contributed by atoms with van der Waals surface area (Å²) in [6.45, 7) is 0.505. The van der Waals surface area contributed by atoms with Crippen LogP contribution in [-0.4, -0.2) is 35.6 Å². The summed E-state index contributed by atoms with van der Waals surface area (Å²) in [5.74, 6) is 0. The van der Waals surface area contributed by atoms with Crippen molar-refractivity contribution >= 4 is 11.9 Å². The Morgan fingerprint density at radius 3 is 2.91 bits per heavy atom. The maximum absolute atomic E-state index is 10.8. The molecule has 0 fully saturated rings. The molecule has 0 spiro atoms. The summed E-state index contributed by atoms with van der Waals surface area (Å²) in [7, 11) is 0. The van der Waals surface area contributed by atoms with E-state index in [0.29, 0.717) is 12.1 Å². The molecule has 0 aliphatic carbocycles. The number of carbonyl (C=O) groups is 1. The molecule has 0 unspecified atom stereocenters. The van der Waals surface area contributed by atoms with Crippen LogP contribution < -0.4 is 0 Å². The van der Waals surface area contributed by atoms with Crippen LogP contribution >= 0.6 is 0 Å². The molecule has 0 amide bonds. The number of rotatable bonds is 4. The van der Waals surface area contributed by atoms with Crippen molar-refractivity contribution in [2.24, 2.45) is 0 Å². The van der Waals surface area contributed by atoms with Crippen LogP contribution in [0.3, 0.4) is 0 Å². The molecule has 4 aromatic heterocycles. The minimum atomic E-state index is 0.505. The third-order valence-corrected chi connectivity index (χ3v) is 3.48. The first-order valence-electron chi connectivity index (χ1n) is 7.05. The lowest BCUT2D eigenvalue weighted by molar-refractivity contribution is 0.112. The van der Waals surface area contributed by atoms with Gasteiger partial charge in [-0.05, 0) is 24.3 Å². The maximum Gasteiger partial charge on any atom is 0.151 e. The highest BCUT2D eigenvalue weighted by molar-refractivity contribution is 5.74. The van der Waals surface area contributed by atoms with Gasteiger partial charge in [-0.25, -0.2) is 9.67 Å². The van der Waals surface area contributed by atoms with Crippen LogP contribution in [0, 0.1) is 0 Å². The minimum absolute atomic E-state index is 0.505. The quantitative estimate of drug-likeness (QED) is 0.538. The van der Waals surface area contributed by atoms with E-state index in [4.69, 9.17) is 0 Å². The number of aromatic nitrogens is 6. The fourth-order valence-electron chi connectivity index (χ4n) is 2.40. The number of nitrogens with zero attached hydrogens (tertiary/aromatic N) is 6. The molecule has 112 valence electrons. The first-order valence-corrected chi connectivity index (χ1v) is 7.05. The van der Waals surface area contributed by atoms with Crippen LogP contribution in [0.2, 0.25) is 0 Å². The highest BCUT2D eigenvalue weighted by Crippen LogP contribution is 2.14. The van der Waals surface area contributed by atoms with Gasteiger partial charge in [0.15, 0.2) is 6.29 Å². The Balaban J connectivity index is 1.61. The van der Waals surface area contributed by atoms with Crippen LogP contribution in [0.15, 0.2) is 55.2 Å². The number of imidazole rings is 1. The van der Waals surface area contributed by atoms with Crippen molar-refractivity contribution in [3.63, 3.8) is 0 Å². The fourth-order valence-corrected chi connectivity index (χ4v) is 2.40. The van der Waals surface area contributed by atoms with Gasteiger partial charge in [-0.1, -0.05) is 5.21 Å². The van der Waals surface area contributed by atoms with Gasteiger partial charge < -0.3 is 4.40 Å². The molecular weight excluding hydrogens is 292 g/mol. The molecule has 7 heteroatoms. The Morgan fingerprint density at radius 1 is 1.13 bits per heavy atom. The molecule has 23 heavy (non-hydrogen) atoms. The zero-order valence-corrected chi connectivity index (χ0v) is 12.1. The summed E-state index contributed by atoms with van der Waals surface area (Å²) in [6, 6.07) is 7.36. The molecule has 0 aromatic carbocycles. The molecule has 4 rings (SSSR count). The second-order valence-electron chi connectivity index (χ2n) is 5.12. The molecule has 4 heterocycles. The number of hydrogen-bond donors (Lipinski definition) is 0. The van der Waals surface area contributed by atoms with E-state index >= 15 is 0 Å². The first-order chi connectivity index (χ1) is 11.3. The molecule has 0 bridgehead atoms. The zero-order valence-electron chi connectivity index (χ0n) is 12.1. The Kier molecular flexibility index (Phi) is 3.16. The van der Waals surface area contributed by atoms with Gasteiger partial charge in [-0.15, -0.1) is 5.10 Å². The van der Waals surface area contributed by atoms with E-state index in [2.05, 4.69) is 20.3 Å². The van der Waals surface area contributed by atoms with E-state index in [9.17, 15) is 4.79 Å². The van der Waals surface area contributed by atoms with Crippen LogP contribution in [0.4, 0.5) is 0 Å². The number of carbonyl (C=O) groups excluding carboxylic acids is 1. The van der Waals surface area contributed by atoms with Gasteiger partial charge in [0.25, 0.3) is 0 Å². The van der Waals surface area contributed by atoms with Crippen molar-refractivity contribution in [1.82, 2.24) is 29.4 Å². The monoisotopic (exact) mass is 304 g/mol. The summed E-state index contributed by atoms with van der Waals surface area (Å²) < 4.78 is 3.56. The predicted molar refractivity (Wildman–Crippen MR) is 82.9 cm³/mol. The Labute approximate surface area is 131 Å². The largest absolute Gasteiger partial charge is 0.306 e. The molecule has 0 radical (unpaired) electrons. The zero-order chi connectivity index (χ0) is 15.6. The number of hydrogen-bond acceptors (Lipinski definition) is 5. The van der Waals surface area contributed by atoms with Crippen LogP contribution in [-0.2, 0) is 6.54 Å². The van der Waals surface area contributed by atoms with Gasteiger partial charge in [-0.3, -0.25) is 9.78 Å². The second kappa shape index (κ2) is 5.45. The number of aldehydes is 1. The highest BCUT2D eigenvalue weighted by atomic mass is 16.1. The highest BCUT2D eigenvalue weighted by Gasteiger charge is 2.07. The van der Waals surface area contributed by atoms with Crippen LogP contribution in [0.1, 0.15) is 16.1 Å². The smallest absolute Gasteiger partial charge is 0.151 e. The molecular formula is C16H12N6O. The van der Waals surface area contributed by atoms with E-state index in [1.54, 1.807) is 29.3 Å². The third-order valence-electron chi connectivity index (χ3n) is 3.48. The lowest BCUT2D eigenvalue weighted by atomic mass is 10.2. The normalized spacial score (nSPS) is 11.0. The summed E-state index contributed by atoms with van der Waals surface area (Å²) in [5, 5.41) is 8.28. The first kappa shape index (κ1) is 13.3. The number of fused-ring (bicyclic) bond motifs is 1. The van der Waals surface area contributed by atoms with Crippen LogP contribution in [0.25, 0.3) is 16.9 Å². The molecule has 0 aliphatic heterocycles. The Morgan fingerprint density at radius 2 is 2.09 bits per heavy atom. The van der Waals surface area contributed by atoms with Crippen molar-refractivity contribution in [1.29, 1.82) is 0 Å². The van der Waals surface area contributed by atoms with Crippen molar-refractivity contribution in [2.75, 3.05) is 0 Å². The molecule has 0 atom stereocenters. The molecule has 4 aromatic rings. The van der Waals surface area contributed by atoms with E-state index in [1.165, 1.54) is 0 Å². The van der Waals surface area contributed by atoms with Crippen molar-refractivity contribution in [3.05, 3.63) is 66.5 Å². The standard InChI is InChI=1S/C16H12N6O/c23-11-12-3-4-16-18-14(8-21(16)7-12)9-22-10-15(19-20-22)13-2-1-5-17-6-13/h1-8,10-11H,9H2. The Hall–Kier alpha value is -3.35. The summed E-state index contributed by atoms with van der Waals surface area (Å²) in [5.41, 5.74) is 3.93. The third kappa shape index (κ3) is 2.59. The van der Waals surface area contributed by atoms with Crippen molar-refractivity contribution in [2.45, 2.75) is 6.54 Å². The van der Waals surface area contributed by atoms with Gasteiger partial charge in [0, 0.05) is 35.9 Å². The SMILES string of the molecule is O=Cc1ccc2nc(Cn3cc(-c4cccnc4)nn3)cn2c1. The second-order valence-corrected chi connectivity index (χ2v) is 5.12. The van der Waals surface area contributed by atoms with Crippen LogP contribution in [0.5, 0.6) is 0 Å². The fraction of sp³-hybridized carbons (Fsp3) is 0.0625. The van der Waals surface area contributed by atoms with E-state index in [-0.39, 0.29) is 0 Å². The molecule has 0 saturated heterocycles. The van der Waals surface area contributed by atoms with Crippen molar-refractivity contribution in [3.8, 4) is 11.3 Å². The predicted octanol–water partition coefficient (Wildman–Crippen LogP) is 1.85. The average molecular weight is 304 g/mol. The van der Waals surface area contributed by atoms with Gasteiger partial charge in [0.2, 0.25) is 0 Å². The number of pyridine rings is 2. The summed E-state index contributed by atoms with van der Waals surface area (Å²) >= 11 is 0. The van der Waals surface area contributed by atoms with Gasteiger partial charge in [0.1, 0.15) is 11.3 Å². The van der Waals surface area contributed by atoms with Gasteiger partial charge in [0.05, 0.1) is 18.4 Å². The molecule has 7 nitrogen and oxygen atoms in total. The Bertz CT molecular complexity index is 973. The van der Waals surface area contributed by atoms with Crippen molar-refractivity contribution < 1.29 is 4.79 Å². The minimum Gasteiger partial charge on any atom is -0.306 e. The van der Waals surface area contributed by atoms with E-state index < -0.39 is 0 Å². The lowest BCUT2D eigenvalue weighted by Crippen LogP contribution is -2.00.